The number of nitrogens with one attached hydrogen (secondary N) is 2. The van der Waals surface area contributed by atoms with E-state index in [9.17, 15) is 4.39 Å². The third-order valence-electron chi connectivity index (χ3n) is 4.38. The van der Waals surface area contributed by atoms with E-state index in [2.05, 4.69) is 32.8 Å². The van der Waals surface area contributed by atoms with Crippen LogP contribution in [0.5, 0.6) is 0 Å². The fourth-order valence-corrected chi connectivity index (χ4v) is 4.51. The summed E-state index contributed by atoms with van der Waals surface area (Å²) in [6, 6.07) is 9.28. The maximum atomic E-state index is 13.5. The topological polar surface area (TPSA) is 40.7 Å². The average molecular weight is 372 g/mol. The van der Waals surface area contributed by atoms with Crippen LogP contribution in [0.25, 0.3) is 10.9 Å². The highest BCUT2D eigenvalue weighted by Gasteiger charge is 2.17. The molecule has 128 valence electrons. The molecule has 0 saturated heterocycles. The quantitative estimate of drug-likeness (QED) is 0.489. The first-order valence-electron chi connectivity index (χ1n) is 8.12. The van der Waals surface area contributed by atoms with Gasteiger partial charge in [0, 0.05) is 46.0 Å². The Hall–Kier alpha value is -2.02. The van der Waals surface area contributed by atoms with E-state index in [0.29, 0.717) is 6.54 Å². The second kappa shape index (κ2) is 7.07. The molecular weight excluding hydrogens is 353 g/mol. The standard InChI is InChI=1S/C19H18FN3S2/c1-12-15-9-13(20)4-5-16(15)23-18(12)11-22-17(19-21-6-8-25-19)10-14-3-2-7-24-14/h2-9,17,22-23H,10-11H2,1H3/t17-/m1/s1. The zero-order valence-corrected chi connectivity index (χ0v) is 15.4. The summed E-state index contributed by atoms with van der Waals surface area (Å²) in [5.41, 5.74) is 3.16. The van der Waals surface area contributed by atoms with Gasteiger partial charge in [-0.1, -0.05) is 6.07 Å². The molecular formula is C19H18FN3S2. The normalized spacial score (nSPS) is 12.7. The monoisotopic (exact) mass is 371 g/mol. The van der Waals surface area contributed by atoms with Crippen LogP contribution >= 0.6 is 22.7 Å². The van der Waals surface area contributed by atoms with Gasteiger partial charge < -0.3 is 10.3 Å². The Bertz CT molecular complexity index is 958. The summed E-state index contributed by atoms with van der Waals surface area (Å²) in [6.07, 6.45) is 2.76. The van der Waals surface area contributed by atoms with E-state index in [1.165, 1.54) is 10.9 Å². The molecule has 25 heavy (non-hydrogen) atoms. The Morgan fingerprint density at radius 3 is 2.92 bits per heavy atom. The first-order chi connectivity index (χ1) is 12.2. The van der Waals surface area contributed by atoms with Crippen molar-refractivity contribution in [2.75, 3.05) is 0 Å². The van der Waals surface area contributed by atoms with Crippen LogP contribution in [0.15, 0.2) is 47.3 Å². The van der Waals surface area contributed by atoms with Crippen LogP contribution in [0.3, 0.4) is 0 Å². The number of fused-ring (bicyclic) bond motifs is 1. The van der Waals surface area contributed by atoms with Crippen LogP contribution in [-0.4, -0.2) is 9.97 Å². The highest BCUT2D eigenvalue weighted by molar-refractivity contribution is 7.10. The van der Waals surface area contributed by atoms with Gasteiger partial charge in [-0.05, 0) is 42.1 Å². The molecule has 0 aliphatic heterocycles. The zero-order valence-electron chi connectivity index (χ0n) is 13.8. The zero-order chi connectivity index (χ0) is 17.2. The molecule has 4 aromatic rings. The van der Waals surface area contributed by atoms with Crippen LogP contribution in [-0.2, 0) is 13.0 Å². The lowest BCUT2D eigenvalue weighted by Gasteiger charge is -2.16. The highest BCUT2D eigenvalue weighted by Crippen LogP contribution is 2.26. The van der Waals surface area contributed by atoms with Gasteiger partial charge in [0.05, 0.1) is 6.04 Å². The number of hydrogen-bond acceptors (Lipinski definition) is 4. The fourth-order valence-electron chi connectivity index (χ4n) is 3.04. The molecule has 2 N–H and O–H groups in total. The van der Waals surface area contributed by atoms with Crippen LogP contribution in [0, 0.1) is 12.7 Å². The SMILES string of the molecule is Cc1c(CN[C@H](Cc2cccs2)c2nccs2)[nH]c2ccc(F)cc12. The van der Waals surface area contributed by atoms with Gasteiger partial charge >= 0.3 is 0 Å². The summed E-state index contributed by atoms with van der Waals surface area (Å²) in [5, 5.41) is 9.77. The van der Waals surface area contributed by atoms with Gasteiger partial charge in [-0.15, -0.1) is 22.7 Å². The lowest BCUT2D eigenvalue weighted by Crippen LogP contribution is -2.23. The van der Waals surface area contributed by atoms with Crippen molar-refractivity contribution in [3.05, 3.63) is 74.2 Å². The molecule has 0 amide bonds. The number of aromatic amines is 1. The Balaban J connectivity index is 1.56. The van der Waals surface area contributed by atoms with Crippen LogP contribution in [0.1, 0.15) is 27.2 Å². The summed E-state index contributed by atoms with van der Waals surface area (Å²) in [6.45, 7) is 2.73. The van der Waals surface area contributed by atoms with Gasteiger partial charge in [0.1, 0.15) is 10.8 Å². The second-order valence-corrected chi connectivity index (χ2v) is 7.96. The predicted molar refractivity (Wildman–Crippen MR) is 103 cm³/mol. The molecule has 3 nitrogen and oxygen atoms in total. The number of nitrogens with zero attached hydrogens (tertiary/aromatic N) is 1. The number of thiophene rings is 1. The van der Waals surface area contributed by atoms with Crippen molar-refractivity contribution >= 4 is 33.6 Å². The Kier molecular flexibility index (Phi) is 4.65. The van der Waals surface area contributed by atoms with E-state index in [0.717, 1.165) is 33.6 Å². The molecule has 0 saturated carbocycles. The van der Waals surface area contributed by atoms with Crippen molar-refractivity contribution in [3.8, 4) is 0 Å². The minimum atomic E-state index is -0.201. The maximum Gasteiger partial charge on any atom is 0.123 e. The summed E-state index contributed by atoms with van der Waals surface area (Å²) >= 11 is 3.44. The van der Waals surface area contributed by atoms with Gasteiger partial charge in [-0.2, -0.15) is 0 Å². The lowest BCUT2D eigenvalue weighted by molar-refractivity contribution is 0.526. The number of aromatic nitrogens is 2. The van der Waals surface area contributed by atoms with Crippen molar-refractivity contribution in [2.45, 2.75) is 25.9 Å². The van der Waals surface area contributed by atoms with Crippen LogP contribution in [0.2, 0.25) is 0 Å². The second-order valence-electron chi connectivity index (χ2n) is 6.01. The average Bonchev–Trinajstić information content (AvgIpc) is 3.34. The highest BCUT2D eigenvalue weighted by atomic mass is 32.1. The lowest BCUT2D eigenvalue weighted by atomic mass is 10.1. The van der Waals surface area contributed by atoms with Crippen molar-refractivity contribution in [1.82, 2.24) is 15.3 Å². The fraction of sp³-hybridized carbons (Fsp3) is 0.211. The Morgan fingerprint density at radius 1 is 1.24 bits per heavy atom. The van der Waals surface area contributed by atoms with Gasteiger partial charge in [-0.25, -0.2) is 9.37 Å². The smallest absolute Gasteiger partial charge is 0.123 e. The van der Waals surface area contributed by atoms with E-state index in [1.807, 2.05) is 18.5 Å². The first-order valence-corrected chi connectivity index (χ1v) is 9.88. The molecule has 0 radical (unpaired) electrons. The van der Waals surface area contributed by atoms with Gasteiger partial charge in [0.25, 0.3) is 0 Å². The summed E-state index contributed by atoms with van der Waals surface area (Å²) in [4.78, 5) is 9.23. The van der Waals surface area contributed by atoms with E-state index < -0.39 is 0 Å². The number of thiazole rings is 1. The molecule has 0 spiro atoms. The molecule has 0 fully saturated rings. The van der Waals surface area contributed by atoms with Crippen LogP contribution in [0.4, 0.5) is 4.39 Å². The number of benzene rings is 1. The molecule has 0 bridgehead atoms. The van der Waals surface area contributed by atoms with Crippen molar-refractivity contribution in [1.29, 1.82) is 0 Å². The molecule has 1 atom stereocenters. The van der Waals surface area contributed by atoms with E-state index >= 15 is 0 Å². The van der Waals surface area contributed by atoms with Crippen molar-refractivity contribution in [2.24, 2.45) is 0 Å². The minimum Gasteiger partial charge on any atom is -0.357 e. The molecule has 0 aliphatic rings. The summed E-state index contributed by atoms with van der Waals surface area (Å²) < 4.78 is 13.5. The Morgan fingerprint density at radius 2 is 2.16 bits per heavy atom. The molecule has 4 rings (SSSR count). The Labute approximate surface area is 153 Å². The van der Waals surface area contributed by atoms with Gasteiger partial charge in [-0.3, -0.25) is 0 Å². The van der Waals surface area contributed by atoms with Crippen molar-refractivity contribution in [3.63, 3.8) is 0 Å². The minimum absolute atomic E-state index is 0.168. The molecule has 1 aromatic carbocycles. The number of aryl methyl sites for hydroxylation is 1. The number of rotatable bonds is 6. The molecule has 6 heteroatoms. The van der Waals surface area contributed by atoms with Gasteiger partial charge in [0.15, 0.2) is 0 Å². The third kappa shape index (κ3) is 3.51. The third-order valence-corrected chi connectivity index (χ3v) is 6.17. The van der Waals surface area contributed by atoms with Crippen LogP contribution < -0.4 is 5.32 Å². The van der Waals surface area contributed by atoms with E-state index in [4.69, 9.17) is 0 Å². The molecule has 0 aliphatic carbocycles. The first kappa shape index (κ1) is 16.4. The van der Waals surface area contributed by atoms with Gasteiger partial charge in [0.2, 0.25) is 0 Å². The summed E-state index contributed by atoms with van der Waals surface area (Å²) in [5.74, 6) is -0.201. The van der Waals surface area contributed by atoms with Crippen molar-refractivity contribution < 1.29 is 4.39 Å². The van der Waals surface area contributed by atoms with E-state index in [1.54, 1.807) is 34.8 Å². The number of hydrogen-bond donors (Lipinski definition) is 2. The number of H-pyrrole nitrogens is 1. The molecule has 3 aromatic heterocycles. The molecule has 0 unspecified atom stereocenters. The number of halogens is 1. The maximum absolute atomic E-state index is 13.5. The summed E-state index contributed by atoms with van der Waals surface area (Å²) in [7, 11) is 0. The predicted octanol–water partition coefficient (Wildman–Crippen LogP) is 5.21. The largest absolute Gasteiger partial charge is 0.357 e. The molecule has 3 heterocycles. The van der Waals surface area contributed by atoms with E-state index in [-0.39, 0.29) is 11.9 Å².